The third-order valence-electron chi connectivity index (χ3n) is 1.80. The van der Waals surface area contributed by atoms with Gasteiger partial charge in [0.05, 0.1) is 17.9 Å². The van der Waals surface area contributed by atoms with E-state index in [2.05, 4.69) is 5.32 Å². The van der Waals surface area contributed by atoms with Crippen LogP contribution in [0.1, 0.15) is 20.3 Å². The maximum absolute atomic E-state index is 11.5. The maximum Gasteiger partial charge on any atom is 0.336 e. The molecule has 5 heteroatoms. The fourth-order valence-corrected chi connectivity index (χ4v) is 1.50. The van der Waals surface area contributed by atoms with Crippen LogP contribution in [-0.2, 0) is 14.3 Å². The van der Waals surface area contributed by atoms with Crippen molar-refractivity contribution in [1.29, 1.82) is 0 Å². The van der Waals surface area contributed by atoms with Gasteiger partial charge < -0.3 is 10.1 Å². The molecule has 0 unspecified atom stereocenters. The molecule has 0 spiro atoms. The van der Waals surface area contributed by atoms with Crippen LogP contribution in [0.25, 0.3) is 0 Å². The Labute approximate surface area is 92.9 Å². The molecule has 0 aromatic heterocycles. The van der Waals surface area contributed by atoms with Crippen molar-refractivity contribution in [1.82, 2.24) is 5.32 Å². The van der Waals surface area contributed by atoms with Crippen molar-refractivity contribution in [2.75, 3.05) is 6.61 Å². The van der Waals surface area contributed by atoms with Crippen LogP contribution < -0.4 is 5.32 Å². The molecule has 0 radical (unpaired) electrons. The van der Waals surface area contributed by atoms with Gasteiger partial charge in [-0.3, -0.25) is 4.79 Å². The summed E-state index contributed by atoms with van der Waals surface area (Å²) in [7, 11) is 0. The highest BCUT2D eigenvalue weighted by Crippen LogP contribution is 2.27. The fraction of sp³-hybridized carbons (Fsp3) is 0.400. The van der Waals surface area contributed by atoms with Crippen molar-refractivity contribution in [3.63, 3.8) is 0 Å². The van der Waals surface area contributed by atoms with Crippen LogP contribution in [0.2, 0.25) is 0 Å². The highest BCUT2D eigenvalue weighted by Gasteiger charge is 2.22. The molecule has 0 atom stereocenters. The summed E-state index contributed by atoms with van der Waals surface area (Å²) in [5.41, 5.74) is 0.836. The van der Waals surface area contributed by atoms with Gasteiger partial charge in [-0.1, -0.05) is 11.6 Å². The van der Waals surface area contributed by atoms with Crippen LogP contribution >= 0.6 is 11.6 Å². The van der Waals surface area contributed by atoms with Gasteiger partial charge in [0.2, 0.25) is 5.91 Å². The molecule has 15 heavy (non-hydrogen) atoms. The molecule has 1 aliphatic rings. The summed E-state index contributed by atoms with van der Waals surface area (Å²) >= 11 is 5.79. The quantitative estimate of drug-likeness (QED) is 0.746. The molecule has 1 amide bonds. The third-order valence-corrected chi connectivity index (χ3v) is 2.05. The summed E-state index contributed by atoms with van der Waals surface area (Å²) in [5.74, 6) is -0.678. The molecule has 0 aliphatic heterocycles. The van der Waals surface area contributed by atoms with Crippen LogP contribution in [-0.4, -0.2) is 18.5 Å². The maximum atomic E-state index is 11.5. The number of rotatable bonds is 3. The van der Waals surface area contributed by atoms with Crippen molar-refractivity contribution in [3.8, 4) is 0 Å². The lowest BCUT2D eigenvalue weighted by Crippen LogP contribution is -2.21. The van der Waals surface area contributed by atoms with E-state index in [0.29, 0.717) is 29.3 Å². The molecule has 0 heterocycles. The van der Waals surface area contributed by atoms with Gasteiger partial charge in [0.1, 0.15) is 0 Å². The average molecular weight is 230 g/mol. The van der Waals surface area contributed by atoms with E-state index >= 15 is 0 Å². The number of carbonyl (C=O) groups excluding carboxylic acids is 2. The SMILES string of the molecule is CCOC(=O)C1=C(NC(C)=O)C=C(Cl)C1. The molecule has 0 saturated carbocycles. The Kier molecular flexibility index (Phi) is 3.91. The first-order valence-corrected chi connectivity index (χ1v) is 4.96. The first-order valence-electron chi connectivity index (χ1n) is 4.58. The number of hydrogen-bond donors (Lipinski definition) is 1. The summed E-state index contributed by atoms with van der Waals surface area (Å²) in [4.78, 5) is 22.3. The lowest BCUT2D eigenvalue weighted by Gasteiger charge is -2.06. The second-order valence-corrected chi connectivity index (χ2v) is 3.55. The van der Waals surface area contributed by atoms with E-state index < -0.39 is 5.97 Å². The Morgan fingerprint density at radius 2 is 2.27 bits per heavy atom. The number of ether oxygens (including phenoxy) is 1. The van der Waals surface area contributed by atoms with Gasteiger partial charge in [-0.25, -0.2) is 4.79 Å². The Morgan fingerprint density at radius 3 is 2.80 bits per heavy atom. The minimum atomic E-state index is -0.437. The zero-order chi connectivity index (χ0) is 11.4. The minimum absolute atomic E-state index is 0.241. The molecule has 82 valence electrons. The first-order chi connectivity index (χ1) is 7.04. The minimum Gasteiger partial charge on any atom is -0.463 e. The third kappa shape index (κ3) is 3.09. The number of allylic oxidation sites excluding steroid dienone is 2. The van der Waals surface area contributed by atoms with Crippen LogP contribution in [0, 0.1) is 0 Å². The molecule has 1 rings (SSSR count). The summed E-state index contributed by atoms with van der Waals surface area (Å²) in [5, 5.41) is 3.06. The fourth-order valence-electron chi connectivity index (χ4n) is 1.26. The lowest BCUT2D eigenvalue weighted by atomic mass is 10.2. The molecular weight excluding hydrogens is 218 g/mol. The van der Waals surface area contributed by atoms with Gasteiger partial charge in [0.15, 0.2) is 0 Å². The van der Waals surface area contributed by atoms with Crippen LogP contribution in [0.5, 0.6) is 0 Å². The molecule has 0 fully saturated rings. The van der Waals surface area contributed by atoms with E-state index in [1.807, 2.05) is 0 Å². The second-order valence-electron chi connectivity index (χ2n) is 3.06. The van der Waals surface area contributed by atoms with Crippen molar-refractivity contribution < 1.29 is 14.3 Å². The molecule has 0 bridgehead atoms. The normalized spacial score (nSPS) is 15.0. The van der Waals surface area contributed by atoms with Crippen molar-refractivity contribution in [2.24, 2.45) is 0 Å². The summed E-state index contributed by atoms with van der Waals surface area (Å²) < 4.78 is 4.85. The van der Waals surface area contributed by atoms with E-state index in [1.54, 1.807) is 13.0 Å². The van der Waals surface area contributed by atoms with Gasteiger partial charge in [-0.15, -0.1) is 0 Å². The lowest BCUT2D eigenvalue weighted by molar-refractivity contribution is -0.138. The van der Waals surface area contributed by atoms with Gasteiger partial charge >= 0.3 is 5.97 Å². The molecule has 4 nitrogen and oxygen atoms in total. The standard InChI is InChI=1S/C10H12ClNO3/c1-3-15-10(14)8-4-7(11)5-9(8)12-6(2)13/h5H,3-4H2,1-2H3,(H,12,13). The van der Waals surface area contributed by atoms with E-state index in [9.17, 15) is 9.59 Å². The van der Waals surface area contributed by atoms with E-state index in [0.717, 1.165) is 0 Å². The molecular formula is C10H12ClNO3. The van der Waals surface area contributed by atoms with Crippen molar-refractivity contribution in [2.45, 2.75) is 20.3 Å². The first kappa shape index (κ1) is 11.8. The molecule has 0 aromatic carbocycles. The molecule has 1 N–H and O–H groups in total. The molecule has 0 saturated heterocycles. The molecule has 1 aliphatic carbocycles. The Bertz CT molecular complexity index is 358. The van der Waals surface area contributed by atoms with Crippen LogP contribution in [0.4, 0.5) is 0 Å². The predicted molar refractivity (Wildman–Crippen MR) is 56.0 cm³/mol. The van der Waals surface area contributed by atoms with E-state index in [1.165, 1.54) is 6.92 Å². The predicted octanol–water partition coefficient (Wildman–Crippen LogP) is 1.47. The van der Waals surface area contributed by atoms with Crippen LogP contribution in [0.15, 0.2) is 22.4 Å². The van der Waals surface area contributed by atoms with Crippen molar-refractivity contribution in [3.05, 3.63) is 22.4 Å². The Hall–Kier alpha value is -1.29. The van der Waals surface area contributed by atoms with Crippen LogP contribution in [0.3, 0.4) is 0 Å². The molecule has 0 aromatic rings. The smallest absolute Gasteiger partial charge is 0.336 e. The summed E-state index contributed by atoms with van der Waals surface area (Å²) in [6.07, 6.45) is 1.88. The number of hydrogen-bond acceptors (Lipinski definition) is 3. The van der Waals surface area contributed by atoms with Gasteiger partial charge in [0, 0.05) is 18.4 Å². The van der Waals surface area contributed by atoms with Gasteiger partial charge in [-0.05, 0) is 13.0 Å². The van der Waals surface area contributed by atoms with Gasteiger partial charge in [0.25, 0.3) is 0 Å². The summed E-state index contributed by atoms with van der Waals surface area (Å²) in [6.45, 7) is 3.39. The Morgan fingerprint density at radius 1 is 1.60 bits per heavy atom. The zero-order valence-electron chi connectivity index (χ0n) is 8.59. The Balaban J connectivity index is 2.84. The topological polar surface area (TPSA) is 55.4 Å². The highest BCUT2D eigenvalue weighted by molar-refractivity contribution is 6.30. The monoisotopic (exact) mass is 229 g/mol. The summed E-state index contributed by atoms with van der Waals surface area (Å²) in [6, 6.07) is 0. The number of nitrogens with one attached hydrogen (secondary N) is 1. The van der Waals surface area contributed by atoms with E-state index in [4.69, 9.17) is 16.3 Å². The van der Waals surface area contributed by atoms with Gasteiger partial charge in [-0.2, -0.15) is 0 Å². The number of halogens is 1. The van der Waals surface area contributed by atoms with Crippen molar-refractivity contribution >= 4 is 23.5 Å². The highest BCUT2D eigenvalue weighted by atomic mass is 35.5. The largest absolute Gasteiger partial charge is 0.463 e. The average Bonchev–Trinajstić information content (AvgIpc) is 2.46. The second kappa shape index (κ2) is 4.98. The van der Waals surface area contributed by atoms with E-state index in [-0.39, 0.29) is 5.91 Å². The number of amides is 1. The zero-order valence-corrected chi connectivity index (χ0v) is 9.35. The number of carbonyl (C=O) groups is 2. The number of esters is 1.